The van der Waals surface area contributed by atoms with Gasteiger partial charge in [0.25, 0.3) is 0 Å². The summed E-state index contributed by atoms with van der Waals surface area (Å²) in [5.41, 5.74) is 1.90. The maximum absolute atomic E-state index is 6.27. The molecule has 1 aromatic carbocycles. The molecule has 1 aliphatic rings. The highest BCUT2D eigenvalue weighted by atomic mass is 35.5. The van der Waals surface area contributed by atoms with Gasteiger partial charge in [-0.3, -0.25) is 0 Å². The molecule has 4 rings (SSSR count). The van der Waals surface area contributed by atoms with Gasteiger partial charge >= 0.3 is 0 Å². The van der Waals surface area contributed by atoms with Crippen LogP contribution < -0.4 is 0 Å². The zero-order valence-corrected chi connectivity index (χ0v) is 11.8. The van der Waals surface area contributed by atoms with E-state index in [1.54, 1.807) is 0 Å². The van der Waals surface area contributed by atoms with Crippen LogP contribution in [0.4, 0.5) is 0 Å². The fraction of sp³-hybridized carbons (Fsp3) is 0.267. The molecular formula is C15H13ClN4. The average molecular weight is 285 g/mol. The minimum atomic E-state index is 0.466. The van der Waals surface area contributed by atoms with E-state index in [-0.39, 0.29) is 0 Å². The first-order valence-electron chi connectivity index (χ1n) is 6.71. The molecule has 2 aromatic heterocycles. The van der Waals surface area contributed by atoms with Gasteiger partial charge in [0.1, 0.15) is 11.0 Å². The third-order valence-corrected chi connectivity index (χ3v) is 4.07. The molecule has 1 fully saturated rings. The van der Waals surface area contributed by atoms with Crippen molar-refractivity contribution in [3.05, 3.63) is 47.0 Å². The van der Waals surface area contributed by atoms with Crippen LogP contribution in [-0.2, 0) is 0 Å². The highest BCUT2D eigenvalue weighted by Gasteiger charge is 2.28. The largest absolute Gasteiger partial charge is 0.220 e. The normalized spacial score (nSPS) is 14.9. The van der Waals surface area contributed by atoms with Gasteiger partial charge in [0.15, 0.2) is 5.82 Å². The van der Waals surface area contributed by atoms with Crippen molar-refractivity contribution in [3.63, 3.8) is 0 Å². The summed E-state index contributed by atoms with van der Waals surface area (Å²) < 4.78 is 1.85. The van der Waals surface area contributed by atoms with Crippen LogP contribution >= 0.6 is 11.6 Å². The summed E-state index contributed by atoms with van der Waals surface area (Å²) in [6, 6.07) is 8.08. The molecule has 0 saturated heterocycles. The molecule has 0 unspecified atom stereocenters. The maximum Gasteiger partial charge on any atom is 0.162 e. The van der Waals surface area contributed by atoms with Gasteiger partial charge in [-0.1, -0.05) is 29.8 Å². The molecule has 0 radical (unpaired) electrons. The highest BCUT2D eigenvalue weighted by molar-refractivity contribution is 6.30. The molecule has 5 heteroatoms. The van der Waals surface area contributed by atoms with E-state index in [4.69, 9.17) is 16.6 Å². The zero-order valence-electron chi connectivity index (χ0n) is 11.0. The van der Waals surface area contributed by atoms with Gasteiger partial charge in [0.2, 0.25) is 0 Å². The maximum atomic E-state index is 6.27. The van der Waals surface area contributed by atoms with Gasteiger partial charge in [-0.15, -0.1) is 0 Å². The van der Waals surface area contributed by atoms with Gasteiger partial charge < -0.3 is 0 Å². The summed E-state index contributed by atoms with van der Waals surface area (Å²) in [5.74, 6) is 2.09. The first-order chi connectivity index (χ1) is 9.74. The molecule has 0 atom stereocenters. The fourth-order valence-electron chi connectivity index (χ4n) is 2.36. The molecule has 0 amide bonds. The standard InChI is InChI=1S/C15H13ClN4/c1-9-13(16)18-14(10-6-7-10)19-15(9)20-12-5-3-2-4-11(12)8-17-20/h2-5,8,10H,6-7H2,1H3. The first kappa shape index (κ1) is 11.9. The number of hydrogen-bond acceptors (Lipinski definition) is 3. The Morgan fingerprint density at radius 2 is 2.00 bits per heavy atom. The Morgan fingerprint density at radius 3 is 2.80 bits per heavy atom. The van der Waals surface area contributed by atoms with Crippen molar-refractivity contribution < 1.29 is 0 Å². The average Bonchev–Trinajstić information content (AvgIpc) is 3.22. The number of hydrogen-bond donors (Lipinski definition) is 0. The Labute approximate surface area is 121 Å². The third kappa shape index (κ3) is 1.79. The minimum Gasteiger partial charge on any atom is -0.220 e. The van der Waals surface area contributed by atoms with Crippen molar-refractivity contribution in [2.45, 2.75) is 25.7 Å². The molecule has 0 spiro atoms. The number of para-hydroxylation sites is 1. The van der Waals surface area contributed by atoms with Crippen LogP contribution in [-0.4, -0.2) is 19.7 Å². The van der Waals surface area contributed by atoms with Crippen molar-refractivity contribution in [1.82, 2.24) is 19.7 Å². The number of rotatable bonds is 2. The van der Waals surface area contributed by atoms with E-state index in [9.17, 15) is 0 Å². The molecular weight excluding hydrogens is 272 g/mol. The summed E-state index contributed by atoms with van der Waals surface area (Å²) in [5, 5.41) is 6.07. The van der Waals surface area contributed by atoms with E-state index in [1.807, 2.05) is 42.1 Å². The van der Waals surface area contributed by atoms with Crippen LogP contribution in [0.1, 0.15) is 30.1 Å². The number of aromatic nitrogens is 4. The summed E-state index contributed by atoms with van der Waals surface area (Å²) >= 11 is 6.27. The molecule has 0 N–H and O–H groups in total. The summed E-state index contributed by atoms with van der Waals surface area (Å²) in [7, 11) is 0. The Morgan fingerprint density at radius 1 is 1.20 bits per heavy atom. The topological polar surface area (TPSA) is 43.6 Å². The smallest absolute Gasteiger partial charge is 0.162 e. The van der Waals surface area contributed by atoms with Crippen molar-refractivity contribution in [1.29, 1.82) is 0 Å². The van der Waals surface area contributed by atoms with Crippen LogP contribution in [0.2, 0.25) is 5.15 Å². The van der Waals surface area contributed by atoms with Crippen molar-refractivity contribution in [2.75, 3.05) is 0 Å². The fourth-order valence-corrected chi connectivity index (χ4v) is 2.54. The number of nitrogens with zero attached hydrogens (tertiary/aromatic N) is 4. The van der Waals surface area contributed by atoms with E-state index < -0.39 is 0 Å². The molecule has 4 nitrogen and oxygen atoms in total. The lowest BCUT2D eigenvalue weighted by Crippen LogP contribution is -2.07. The quantitative estimate of drug-likeness (QED) is 0.675. The molecule has 100 valence electrons. The van der Waals surface area contributed by atoms with Crippen molar-refractivity contribution in [2.24, 2.45) is 0 Å². The number of halogens is 1. The monoisotopic (exact) mass is 284 g/mol. The highest BCUT2D eigenvalue weighted by Crippen LogP contribution is 2.39. The Balaban J connectivity index is 1.97. The van der Waals surface area contributed by atoms with E-state index in [1.165, 1.54) is 0 Å². The predicted octanol–water partition coefficient (Wildman–Crippen LogP) is 3.65. The lowest BCUT2D eigenvalue weighted by molar-refractivity contribution is 0.817. The van der Waals surface area contributed by atoms with Gasteiger partial charge in [-0.25, -0.2) is 14.6 Å². The second-order valence-corrected chi connectivity index (χ2v) is 5.57. The van der Waals surface area contributed by atoms with Gasteiger partial charge in [0, 0.05) is 16.9 Å². The Kier molecular flexibility index (Phi) is 2.54. The van der Waals surface area contributed by atoms with E-state index in [2.05, 4.69) is 10.1 Å². The Bertz CT molecular complexity index is 805. The lowest BCUT2D eigenvalue weighted by Gasteiger charge is -2.09. The zero-order chi connectivity index (χ0) is 13.7. The lowest BCUT2D eigenvalue weighted by atomic mass is 10.2. The predicted molar refractivity (Wildman–Crippen MR) is 78.4 cm³/mol. The van der Waals surface area contributed by atoms with E-state index >= 15 is 0 Å². The summed E-state index contributed by atoms with van der Waals surface area (Å²) in [6.45, 7) is 1.94. The van der Waals surface area contributed by atoms with Gasteiger partial charge in [-0.2, -0.15) is 5.10 Å². The van der Waals surface area contributed by atoms with Crippen LogP contribution in [0.3, 0.4) is 0 Å². The van der Waals surface area contributed by atoms with Crippen LogP contribution in [0.25, 0.3) is 16.7 Å². The van der Waals surface area contributed by atoms with Gasteiger partial charge in [-0.05, 0) is 25.8 Å². The van der Waals surface area contributed by atoms with E-state index in [0.29, 0.717) is 11.1 Å². The van der Waals surface area contributed by atoms with Crippen molar-refractivity contribution >= 4 is 22.5 Å². The molecule has 0 bridgehead atoms. The number of fused-ring (bicyclic) bond motifs is 1. The SMILES string of the molecule is Cc1c(Cl)nc(C2CC2)nc1-n1ncc2ccccc21. The van der Waals surface area contributed by atoms with E-state index in [0.717, 1.165) is 41.0 Å². The molecule has 1 aliphatic carbocycles. The molecule has 1 saturated carbocycles. The molecule has 2 heterocycles. The van der Waals surface area contributed by atoms with Gasteiger partial charge in [0.05, 0.1) is 11.7 Å². The van der Waals surface area contributed by atoms with Crippen molar-refractivity contribution in [3.8, 4) is 5.82 Å². The summed E-state index contributed by atoms with van der Waals surface area (Å²) in [4.78, 5) is 9.09. The second kappa shape index (κ2) is 4.28. The van der Waals surface area contributed by atoms with Crippen LogP contribution in [0.15, 0.2) is 30.5 Å². The second-order valence-electron chi connectivity index (χ2n) is 5.21. The number of benzene rings is 1. The first-order valence-corrected chi connectivity index (χ1v) is 7.09. The minimum absolute atomic E-state index is 0.466. The Hall–Kier alpha value is -1.94. The molecule has 20 heavy (non-hydrogen) atoms. The van der Waals surface area contributed by atoms with Crippen LogP contribution in [0, 0.1) is 6.92 Å². The molecule has 0 aliphatic heterocycles. The third-order valence-electron chi connectivity index (χ3n) is 3.70. The molecule has 3 aromatic rings. The summed E-state index contributed by atoms with van der Waals surface area (Å²) in [6.07, 6.45) is 4.15. The van der Waals surface area contributed by atoms with Crippen LogP contribution in [0.5, 0.6) is 0 Å².